The van der Waals surface area contributed by atoms with Crippen LogP contribution in [0.1, 0.15) is 12.8 Å². The molecule has 0 heterocycles. The van der Waals surface area contributed by atoms with Crippen molar-refractivity contribution in [3.8, 4) is 0 Å². The van der Waals surface area contributed by atoms with Gasteiger partial charge in [-0.15, -0.1) is 0 Å². The van der Waals surface area contributed by atoms with E-state index in [9.17, 15) is 5.11 Å². The van der Waals surface area contributed by atoms with Crippen LogP contribution >= 0.6 is 0 Å². The lowest BCUT2D eigenvalue weighted by Gasteiger charge is -2.29. The molecule has 0 amide bonds. The van der Waals surface area contributed by atoms with Gasteiger partial charge in [0.05, 0.1) is 6.61 Å². The summed E-state index contributed by atoms with van der Waals surface area (Å²) < 4.78 is 11.0. The number of aliphatic hydroxyl groups is 1. The van der Waals surface area contributed by atoms with E-state index in [-0.39, 0.29) is 12.7 Å². The second-order valence-electron chi connectivity index (χ2n) is 6.99. The summed E-state index contributed by atoms with van der Waals surface area (Å²) in [6.07, 6.45) is 1.09. The van der Waals surface area contributed by atoms with Gasteiger partial charge in [-0.3, -0.25) is 9.15 Å². The molecule has 0 saturated heterocycles. The fraction of sp³-hybridized carbons (Fsp3) is 1.00. The second-order valence-corrected chi connectivity index (χ2v) is 16.8. The summed E-state index contributed by atoms with van der Waals surface area (Å²) in [5.74, 6) is 0. The molecule has 0 aliphatic carbocycles. The van der Waals surface area contributed by atoms with Crippen LogP contribution < -0.4 is 0 Å². The van der Waals surface area contributed by atoms with Gasteiger partial charge in [0, 0.05) is 10.2 Å². The molecule has 0 spiro atoms. The highest BCUT2D eigenvalue weighted by atomic mass is 28.4. The smallest absolute Gasteiger partial charge is 0.230 e. The number of hydrogen-bond donors (Lipinski definition) is 1. The lowest BCUT2D eigenvalue weighted by molar-refractivity contribution is -0.338. The summed E-state index contributed by atoms with van der Waals surface area (Å²) in [4.78, 5) is 11.0. The predicted octanol–water partition coefficient (Wildman–Crippen LogP) is 1.85. The average molecular weight is 341 g/mol. The fourth-order valence-corrected chi connectivity index (χ4v) is 2.56. The first-order valence-corrected chi connectivity index (χ1v) is 15.6. The van der Waals surface area contributed by atoms with E-state index in [1.54, 1.807) is 0 Å². The zero-order chi connectivity index (χ0) is 15.8. The van der Waals surface area contributed by atoms with Crippen molar-refractivity contribution in [2.75, 3.05) is 6.61 Å². The fourth-order valence-electron chi connectivity index (χ4n) is 1.32. The summed E-state index contributed by atoms with van der Waals surface area (Å²) >= 11 is 0. The van der Waals surface area contributed by atoms with Crippen molar-refractivity contribution in [3.05, 3.63) is 0 Å². The van der Waals surface area contributed by atoms with Gasteiger partial charge in [0.2, 0.25) is 16.6 Å². The summed E-state index contributed by atoms with van der Waals surface area (Å²) in [5, 5.41) is 9.52. The molecule has 0 aromatic heterocycles. The molecule has 2 unspecified atom stereocenters. The van der Waals surface area contributed by atoms with E-state index >= 15 is 0 Å². The first-order chi connectivity index (χ1) is 9.09. The third kappa shape index (κ3) is 11.1. The maximum atomic E-state index is 9.52. The largest absolute Gasteiger partial charge is 0.393 e. The molecule has 8 heteroatoms. The Hall–Kier alpha value is 0.451. The molecule has 20 heavy (non-hydrogen) atoms. The zero-order valence-electron chi connectivity index (χ0n) is 14.1. The van der Waals surface area contributed by atoms with E-state index in [0.29, 0.717) is 0 Å². The van der Waals surface area contributed by atoms with Crippen LogP contribution in [-0.2, 0) is 18.9 Å². The second kappa shape index (κ2) is 9.46. The highest BCUT2D eigenvalue weighted by Gasteiger charge is 2.29. The first-order valence-electron chi connectivity index (χ1n) is 7.39. The molecule has 0 fully saturated rings. The molecule has 0 aromatic carbocycles. The van der Waals surface area contributed by atoms with Gasteiger partial charge in [0.1, 0.15) is 12.2 Å². The minimum atomic E-state index is -1.79. The molecule has 0 aromatic rings. The highest BCUT2D eigenvalue weighted by Crippen LogP contribution is 2.17. The number of hydrogen-bond acceptors (Lipinski definition) is 5. The predicted molar refractivity (Wildman–Crippen MR) is 89.7 cm³/mol. The maximum Gasteiger partial charge on any atom is 0.230 e. The van der Waals surface area contributed by atoms with Crippen molar-refractivity contribution < 1.29 is 24.0 Å². The van der Waals surface area contributed by atoms with Crippen LogP contribution in [0.3, 0.4) is 0 Å². The molecule has 0 rings (SSSR count). The number of aliphatic hydroxyl groups excluding tert-OH is 1. The average Bonchev–Trinajstić information content (AvgIpc) is 2.29. The van der Waals surface area contributed by atoms with E-state index in [1.165, 1.54) is 16.3 Å². The first kappa shape index (κ1) is 20.5. The van der Waals surface area contributed by atoms with Crippen LogP contribution in [0.2, 0.25) is 45.3 Å². The normalized spacial score (nSPS) is 16.4. The van der Waals surface area contributed by atoms with E-state index in [4.69, 9.17) is 18.9 Å². The van der Waals surface area contributed by atoms with Gasteiger partial charge in [-0.2, -0.15) is 0 Å². The van der Waals surface area contributed by atoms with E-state index in [0.717, 1.165) is 12.8 Å². The Kier molecular flexibility index (Phi) is 9.68. The SMILES string of the molecule is C[Si](C)(C)OOC(CO)C(CCC[SiH3])OO[Si](C)(C)C. The summed E-state index contributed by atoms with van der Waals surface area (Å²) in [6.45, 7) is 12.2. The third-order valence-electron chi connectivity index (χ3n) is 2.28. The quantitative estimate of drug-likeness (QED) is 0.353. The Balaban J connectivity index is 4.52. The molecule has 0 bridgehead atoms. The van der Waals surface area contributed by atoms with Crippen LogP contribution in [0.5, 0.6) is 0 Å². The molecular weight excluding hydrogens is 308 g/mol. The van der Waals surface area contributed by atoms with Crippen molar-refractivity contribution in [3.63, 3.8) is 0 Å². The Labute approximate surface area is 128 Å². The van der Waals surface area contributed by atoms with Gasteiger partial charge in [-0.1, -0.05) is 12.5 Å². The summed E-state index contributed by atoms with van der Waals surface area (Å²) in [5.41, 5.74) is 0. The Morgan fingerprint density at radius 1 is 0.900 bits per heavy atom. The van der Waals surface area contributed by atoms with E-state index in [1.807, 2.05) is 19.6 Å². The van der Waals surface area contributed by atoms with Crippen molar-refractivity contribution in [2.45, 2.75) is 70.4 Å². The monoisotopic (exact) mass is 340 g/mol. The molecular formula is C12H32O5Si3. The van der Waals surface area contributed by atoms with Crippen LogP contribution in [0.15, 0.2) is 0 Å². The van der Waals surface area contributed by atoms with Crippen molar-refractivity contribution in [1.82, 2.24) is 0 Å². The van der Waals surface area contributed by atoms with Crippen LogP contribution in [-0.4, -0.2) is 50.8 Å². The maximum absolute atomic E-state index is 9.52. The van der Waals surface area contributed by atoms with Gasteiger partial charge in [-0.25, -0.2) is 9.78 Å². The Morgan fingerprint density at radius 3 is 1.70 bits per heavy atom. The molecule has 122 valence electrons. The topological polar surface area (TPSA) is 57.2 Å². The van der Waals surface area contributed by atoms with Gasteiger partial charge in [0.25, 0.3) is 0 Å². The standard InChI is InChI=1S/C12H32O5Si3/c1-19(2,3)16-14-11(8-7-9-18)12(10-13)15-17-20(4,5)6/h11-13H,7-10H2,1-6,18H3. The Bertz CT molecular complexity index is 252. The van der Waals surface area contributed by atoms with E-state index in [2.05, 4.69) is 19.6 Å². The molecule has 5 nitrogen and oxygen atoms in total. The summed E-state index contributed by atoms with van der Waals surface area (Å²) in [6, 6.07) is 1.19. The van der Waals surface area contributed by atoms with Crippen molar-refractivity contribution in [2.24, 2.45) is 0 Å². The molecule has 0 aliphatic heterocycles. The van der Waals surface area contributed by atoms with E-state index < -0.39 is 22.7 Å². The lowest BCUT2D eigenvalue weighted by atomic mass is 10.1. The van der Waals surface area contributed by atoms with Crippen LogP contribution in [0.25, 0.3) is 0 Å². The molecule has 2 atom stereocenters. The third-order valence-corrected chi connectivity index (χ3v) is 4.18. The molecule has 0 radical (unpaired) electrons. The zero-order valence-corrected chi connectivity index (χ0v) is 18.1. The van der Waals surface area contributed by atoms with Crippen molar-refractivity contribution in [1.29, 1.82) is 0 Å². The molecule has 0 aliphatic rings. The molecule has 0 saturated carbocycles. The number of rotatable bonds is 11. The molecule has 1 N–H and O–H groups in total. The van der Waals surface area contributed by atoms with Gasteiger partial charge in [0.15, 0.2) is 0 Å². The van der Waals surface area contributed by atoms with Crippen molar-refractivity contribution >= 4 is 26.9 Å². The minimum absolute atomic E-state index is 0.134. The van der Waals surface area contributed by atoms with Gasteiger partial charge in [-0.05, 0) is 45.7 Å². The highest BCUT2D eigenvalue weighted by molar-refractivity contribution is 6.69. The van der Waals surface area contributed by atoms with Gasteiger partial charge >= 0.3 is 0 Å². The lowest BCUT2D eigenvalue weighted by Crippen LogP contribution is -2.40. The summed E-state index contributed by atoms with van der Waals surface area (Å²) in [7, 11) is -2.38. The van der Waals surface area contributed by atoms with Crippen LogP contribution in [0.4, 0.5) is 0 Å². The minimum Gasteiger partial charge on any atom is -0.393 e. The van der Waals surface area contributed by atoms with Crippen LogP contribution in [0, 0.1) is 0 Å². The van der Waals surface area contributed by atoms with Gasteiger partial charge < -0.3 is 5.11 Å². The Morgan fingerprint density at radius 2 is 1.35 bits per heavy atom.